The SMILES string of the molecule is CCNCc1[nH]cnc1N. The number of nitrogens with zero attached hydrogens (tertiary/aromatic N) is 1. The molecule has 0 aliphatic heterocycles. The molecule has 1 rings (SSSR count). The molecule has 0 radical (unpaired) electrons. The first kappa shape index (κ1) is 7.08. The predicted molar refractivity (Wildman–Crippen MR) is 40.4 cm³/mol. The minimum atomic E-state index is 0.584. The monoisotopic (exact) mass is 140 g/mol. The van der Waals surface area contributed by atoms with Crippen LogP contribution < -0.4 is 11.1 Å². The van der Waals surface area contributed by atoms with Crippen molar-refractivity contribution in [2.75, 3.05) is 12.3 Å². The van der Waals surface area contributed by atoms with Crippen molar-refractivity contribution in [3.8, 4) is 0 Å². The Bertz CT molecular complexity index is 193. The van der Waals surface area contributed by atoms with Crippen molar-refractivity contribution in [2.24, 2.45) is 0 Å². The molecule has 0 fully saturated rings. The van der Waals surface area contributed by atoms with E-state index in [4.69, 9.17) is 5.73 Å². The molecular weight excluding hydrogens is 128 g/mol. The maximum atomic E-state index is 5.50. The van der Waals surface area contributed by atoms with E-state index in [9.17, 15) is 0 Å². The van der Waals surface area contributed by atoms with Crippen molar-refractivity contribution in [3.63, 3.8) is 0 Å². The molecule has 0 aliphatic rings. The maximum Gasteiger partial charge on any atom is 0.146 e. The highest BCUT2D eigenvalue weighted by Gasteiger charge is 1.97. The second-order valence-electron chi connectivity index (χ2n) is 2.05. The van der Waals surface area contributed by atoms with Gasteiger partial charge in [0.2, 0.25) is 0 Å². The van der Waals surface area contributed by atoms with E-state index in [2.05, 4.69) is 15.3 Å². The molecule has 0 bridgehead atoms. The first-order valence-electron chi connectivity index (χ1n) is 3.33. The number of rotatable bonds is 3. The van der Waals surface area contributed by atoms with Crippen LogP contribution in [0.15, 0.2) is 6.33 Å². The predicted octanol–water partition coefficient (Wildman–Crippen LogP) is 0.101. The Morgan fingerprint density at radius 1 is 1.80 bits per heavy atom. The number of nitrogens with two attached hydrogens (primary N) is 1. The number of aromatic nitrogens is 2. The van der Waals surface area contributed by atoms with E-state index < -0.39 is 0 Å². The van der Waals surface area contributed by atoms with Crippen LogP contribution in [-0.4, -0.2) is 16.5 Å². The normalized spacial score (nSPS) is 10.1. The van der Waals surface area contributed by atoms with Gasteiger partial charge in [-0.15, -0.1) is 0 Å². The summed E-state index contributed by atoms with van der Waals surface area (Å²) >= 11 is 0. The lowest BCUT2D eigenvalue weighted by atomic mass is 10.4. The molecule has 0 spiro atoms. The molecule has 0 atom stereocenters. The Kier molecular flexibility index (Phi) is 2.28. The molecule has 0 saturated heterocycles. The van der Waals surface area contributed by atoms with E-state index in [0.717, 1.165) is 18.8 Å². The topological polar surface area (TPSA) is 66.7 Å². The number of hydrogen-bond acceptors (Lipinski definition) is 3. The summed E-state index contributed by atoms with van der Waals surface area (Å²) < 4.78 is 0. The zero-order valence-electron chi connectivity index (χ0n) is 6.02. The zero-order chi connectivity index (χ0) is 7.40. The summed E-state index contributed by atoms with van der Waals surface area (Å²) in [5.74, 6) is 0.584. The van der Waals surface area contributed by atoms with Crippen LogP contribution in [0, 0.1) is 0 Å². The second-order valence-corrected chi connectivity index (χ2v) is 2.05. The molecule has 1 aromatic rings. The minimum absolute atomic E-state index is 0.584. The van der Waals surface area contributed by atoms with Crippen LogP contribution >= 0.6 is 0 Å². The summed E-state index contributed by atoms with van der Waals surface area (Å²) in [6.45, 7) is 3.76. The van der Waals surface area contributed by atoms with Gasteiger partial charge in [0.05, 0.1) is 12.0 Å². The van der Waals surface area contributed by atoms with Gasteiger partial charge in [-0.05, 0) is 6.54 Å². The maximum absolute atomic E-state index is 5.50. The Hall–Kier alpha value is -1.03. The molecule has 0 saturated carbocycles. The molecule has 0 amide bonds. The van der Waals surface area contributed by atoms with E-state index in [-0.39, 0.29) is 0 Å². The van der Waals surface area contributed by atoms with Crippen LogP contribution in [-0.2, 0) is 6.54 Å². The van der Waals surface area contributed by atoms with Crippen molar-refractivity contribution in [1.82, 2.24) is 15.3 Å². The third kappa shape index (κ3) is 1.48. The highest BCUT2D eigenvalue weighted by atomic mass is 15.0. The smallest absolute Gasteiger partial charge is 0.146 e. The highest BCUT2D eigenvalue weighted by Crippen LogP contribution is 2.01. The van der Waals surface area contributed by atoms with Gasteiger partial charge in [0.25, 0.3) is 0 Å². The van der Waals surface area contributed by atoms with Crippen LogP contribution in [0.5, 0.6) is 0 Å². The molecule has 1 aromatic heterocycles. The molecule has 0 unspecified atom stereocenters. The van der Waals surface area contributed by atoms with Crippen molar-refractivity contribution < 1.29 is 0 Å². The fraction of sp³-hybridized carbons (Fsp3) is 0.500. The number of aromatic amines is 1. The molecule has 4 N–H and O–H groups in total. The van der Waals surface area contributed by atoms with Crippen LogP contribution in [0.2, 0.25) is 0 Å². The summed E-state index contributed by atoms with van der Waals surface area (Å²) in [6, 6.07) is 0. The van der Waals surface area contributed by atoms with Gasteiger partial charge in [0.1, 0.15) is 5.82 Å². The number of nitrogens with one attached hydrogen (secondary N) is 2. The van der Waals surface area contributed by atoms with Gasteiger partial charge in [0, 0.05) is 6.54 Å². The van der Waals surface area contributed by atoms with Gasteiger partial charge >= 0.3 is 0 Å². The molecule has 1 heterocycles. The van der Waals surface area contributed by atoms with Crippen molar-refractivity contribution in [1.29, 1.82) is 0 Å². The van der Waals surface area contributed by atoms with Gasteiger partial charge in [-0.2, -0.15) is 0 Å². The molecule has 56 valence electrons. The van der Waals surface area contributed by atoms with Crippen molar-refractivity contribution >= 4 is 5.82 Å². The Morgan fingerprint density at radius 2 is 2.60 bits per heavy atom. The highest BCUT2D eigenvalue weighted by molar-refractivity contribution is 5.33. The van der Waals surface area contributed by atoms with E-state index in [0.29, 0.717) is 5.82 Å². The van der Waals surface area contributed by atoms with E-state index in [1.54, 1.807) is 6.33 Å². The van der Waals surface area contributed by atoms with E-state index >= 15 is 0 Å². The summed E-state index contributed by atoms with van der Waals surface area (Å²) in [5.41, 5.74) is 6.46. The third-order valence-electron chi connectivity index (χ3n) is 1.30. The van der Waals surface area contributed by atoms with Crippen LogP contribution in [0.3, 0.4) is 0 Å². The van der Waals surface area contributed by atoms with Gasteiger partial charge in [-0.3, -0.25) is 0 Å². The first-order chi connectivity index (χ1) is 4.84. The lowest BCUT2D eigenvalue weighted by Crippen LogP contribution is -2.13. The second kappa shape index (κ2) is 3.22. The van der Waals surface area contributed by atoms with Crippen LogP contribution in [0.1, 0.15) is 12.6 Å². The van der Waals surface area contributed by atoms with Gasteiger partial charge in [-0.1, -0.05) is 6.92 Å². The van der Waals surface area contributed by atoms with Crippen LogP contribution in [0.25, 0.3) is 0 Å². The standard InChI is InChI=1S/C6H12N4/c1-2-8-3-5-6(7)10-4-9-5/h4,8H,2-3,7H2,1H3,(H,9,10). The Morgan fingerprint density at radius 3 is 3.10 bits per heavy atom. The van der Waals surface area contributed by atoms with Crippen LogP contribution in [0.4, 0.5) is 5.82 Å². The molecule has 10 heavy (non-hydrogen) atoms. The van der Waals surface area contributed by atoms with Gasteiger partial charge in [0.15, 0.2) is 0 Å². The molecular formula is C6H12N4. The van der Waals surface area contributed by atoms with E-state index in [1.165, 1.54) is 0 Å². The molecule has 0 aromatic carbocycles. The number of imidazole rings is 1. The molecule has 4 heteroatoms. The lowest BCUT2D eigenvalue weighted by molar-refractivity contribution is 0.715. The largest absolute Gasteiger partial charge is 0.382 e. The summed E-state index contributed by atoms with van der Waals surface area (Å²) in [4.78, 5) is 6.79. The van der Waals surface area contributed by atoms with Gasteiger partial charge < -0.3 is 16.0 Å². The number of nitrogen functional groups attached to an aromatic ring is 1. The fourth-order valence-corrected chi connectivity index (χ4v) is 0.723. The first-order valence-corrected chi connectivity index (χ1v) is 3.33. The summed E-state index contributed by atoms with van der Waals surface area (Å²) in [6.07, 6.45) is 1.60. The average molecular weight is 140 g/mol. The molecule has 0 aliphatic carbocycles. The van der Waals surface area contributed by atoms with Crippen molar-refractivity contribution in [3.05, 3.63) is 12.0 Å². The Balaban J connectivity index is 2.49. The van der Waals surface area contributed by atoms with Gasteiger partial charge in [-0.25, -0.2) is 4.98 Å². The average Bonchev–Trinajstić information content (AvgIpc) is 2.31. The number of anilines is 1. The van der Waals surface area contributed by atoms with Crippen molar-refractivity contribution in [2.45, 2.75) is 13.5 Å². The quantitative estimate of drug-likeness (QED) is 0.558. The number of hydrogen-bond donors (Lipinski definition) is 3. The number of H-pyrrole nitrogens is 1. The molecule has 4 nitrogen and oxygen atoms in total. The summed E-state index contributed by atoms with van der Waals surface area (Å²) in [7, 11) is 0. The zero-order valence-corrected chi connectivity index (χ0v) is 6.02. The minimum Gasteiger partial charge on any atom is -0.382 e. The Labute approximate surface area is 59.8 Å². The van der Waals surface area contributed by atoms with E-state index in [1.807, 2.05) is 6.92 Å². The lowest BCUT2D eigenvalue weighted by Gasteiger charge is -1.97. The summed E-state index contributed by atoms with van der Waals surface area (Å²) in [5, 5.41) is 3.14. The fourth-order valence-electron chi connectivity index (χ4n) is 0.723. The third-order valence-corrected chi connectivity index (χ3v) is 1.30.